The highest BCUT2D eigenvalue weighted by atomic mass is 16.6. The van der Waals surface area contributed by atoms with Gasteiger partial charge in [-0.25, -0.2) is 4.79 Å². The molecule has 1 aromatic heterocycles. The van der Waals surface area contributed by atoms with Gasteiger partial charge in [0.05, 0.1) is 6.04 Å². The second kappa shape index (κ2) is 7.36. The van der Waals surface area contributed by atoms with Gasteiger partial charge in [-0.3, -0.25) is 4.79 Å². The summed E-state index contributed by atoms with van der Waals surface area (Å²) in [6.07, 6.45) is 2.40. The molecule has 0 aliphatic carbocycles. The van der Waals surface area contributed by atoms with E-state index in [1.54, 1.807) is 28.8 Å². The number of aromatic nitrogens is 1. The summed E-state index contributed by atoms with van der Waals surface area (Å²) >= 11 is 0. The molecule has 0 radical (unpaired) electrons. The van der Waals surface area contributed by atoms with E-state index in [1.807, 2.05) is 37.3 Å². The zero-order valence-corrected chi connectivity index (χ0v) is 15.8. The van der Waals surface area contributed by atoms with Crippen LogP contribution in [0.3, 0.4) is 0 Å². The Balaban J connectivity index is 1.75. The number of carbonyl (C=O) groups is 1. The van der Waals surface area contributed by atoms with Crippen molar-refractivity contribution in [3.63, 3.8) is 0 Å². The zero-order chi connectivity index (χ0) is 18.8. The normalized spacial score (nSPS) is 18.7. The fourth-order valence-electron chi connectivity index (χ4n) is 3.30. The van der Waals surface area contributed by atoms with Crippen LogP contribution in [0.25, 0.3) is 11.1 Å². The lowest BCUT2D eigenvalue weighted by Gasteiger charge is -2.37. The van der Waals surface area contributed by atoms with Gasteiger partial charge in [-0.2, -0.15) is 0 Å². The van der Waals surface area contributed by atoms with Crippen molar-refractivity contribution >= 4 is 6.09 Å². The predicted octanol–water partition coefficient (Wildman–Crippen LogP) is 3.98. The predicted molar refractivity (Wildman–Crippen MR) is 102 cm³/mol. The fourth-order valence-corrected chi connectivity index (χ4v) is 3.30. The van der Waals surface area contributed by atoms with Crippen molar-refractivity contribution in [3.05, 3.63) is 58.5 Å². The number of pyridine rings is 1. The Morgan fingerprint density at radius 2 is 1.73 bits per heavy atom. The molecule has 5 heteroatoms. The Labute approximate surface area is 154 Å². The molecule has 1 aliphatic heterocycles. The molecule has 1 aliphatic rings. The summed E-state index contributed by atoms with van der Waals surface area (Å²) < 4.78 is 7.12. The summed E-state index contributed by atoms with van der Waals surface area (Å²) in [6.45, 7) is 6.88. The SMILES string of the molecule is CC(C)C1CCN(C(C)c2ccc(-c3ccn(C)c(=O)c3)cc2)C(=O)O1. The lowest BCUT2D eigenvalue weighted by molar-refractivity contribution is -0.00565. The average Bonchev–Trinajstić information content (AvgIpc) is 2.63. The van der Waals surface area contributed by atoms with Crippen LogP contribution in [-0.4, -0.2) is 28.2 Å². The van der Waals surface area contributed by atoms with Gasteiger partial charge in [0, 0.05) is 32.3 Å². The lowest BCUT2D eigenvalue weighted by Crippen LogP contribution is -2.44. The van der Waals surface area contributed by atoms with E-state index in [4.69, 9.17) is 4.74 Å². The van der Waals surface area contributed by atoms with Gasteiger partial charge in [-0.05, 0) is 35.6 Å². The van der Waals surface area contributed by atoms with Crippen molar-refractivity contribution in [1.82, 2.24) is 9.47 Å². The molecule has 1 aromatic carbocycles. The standard InChI is InChI=1S/C21H26N2O3/c1-14(2)19-10-12-23(21(25)26-19)15(3)16-5-7-17(8-6-16)18-9-11-22(4)20(24)13-18/h5-9,11,13-15,19H,10,12H2,1-4H3. The van der Waals surface area contributed by atoms with Gasteiger partial charge in [-0.1, -0.05) is 38.1 Å². The highest BCUT2D eigenvalue weighted by Crippen LogP contribution is 2.28. The number of rotatable bonds is 4. The molecule has 0 spiro atoms. The fraction of sp³-hybridized carbons (Fsp3) is 0.429. The van der Waals surface area contributed by atoms with Crippen molar-refractivity contribution in [3.8, 4) is 11.1 Å². The molecule has 0 bridgehead atoms. The first-order valence-electron chi connectivity index (χ1n) is 9.11. The van der Waals surface area contributed by atoms with Gasteiger partial charge < -0.3 is 14.2 Å². The summed E-state index contributed by atoms with van der Waals surface area (Å²) in [5.74, 6) is 0.342. The molecule has 138 valence electrons. The molecule has 0 N–H and O–H groups in total. The maximum Gasteiger partial charge on any atom is 0.410 e. The molecule has 2 heterocycles. The third-order valence-electron chi connectivity index (χ3n) is 5.18. The summed E-state index contributed by atoms with van der Waals surface area (Å²) in [7, 11) is 1.73. The molecule has 5 nitrogen and oxygen atoms in total. The Morgan fingerprint density at radius 3 is 2.31 bits per heavy atom. The number of aryl methyl sites for hydroxylation is 1. The number of benzene rings is 1. The number of nitrogens with zero attached hydrogens (tertiary/aromatic N) is 2. The Kier molecular flexibility index (Phi) is 5.16. The third-order valence-corrected chi connectivity index (χ3v) is 5.18. The van der Waals surface area contributed by atoms with E-state index >= 15 is 0 Å². The van der Waals surface area contributed by atoms with Crippen LogP contribution in [0.1, 0.15) is 38.8 Å². The first-order chi connectivity index (χ1) is 12.4. The molecule has 1 fully saturated rings. The van der Waals surface area contributed by atoms with E-state index in [0.29, 0.717) is 12.5 Å². The van der Waals surface area contributed by atoms with Crippen LogP contribution in [0.2, 0.25) is 0 Å². The largest absolute Gasteiger partial charge is 0.446 e. The maximum absolute atomic E-state index is 12.3. The van der Waals surface area contributed by atoms with E-state index in [2.05, 4.69) is 13.8 Å². The number of amides is 1. The molecule has 1 saturated heterocycles. The molecular weight excluding hydrogens is 328 g/mol. The summed E-state index contributed by atoms with van der Waals surface area (Å²) in [6, 6.07) is 11.5. The first-order valence-corrected chi connectivity index (χ1v) is 9.11. The number of cyclic esters (lactones) is 1. The Bertz CT molecular complexity index is 839. The first kappa shape index (κ1) is 18.2. The minimum absolute atomic E-state index is 0.00835. The monoisotopic (exact) mass is 354 g/mol. The summed E-state index contributed by atoms with van der Waals surface area (Å²) in [4.78, 5) is 25.9. The quantitative estimate of drug-likeness (QED) is 0.834. The third kappa shape index (κ3) is 3.66. The van der Waals surface area contributed by atoms with Crippen LogP contribution < -0.4 is 5.56 Å². The highest BCUT2D eigenvalue weighted by Gasteiger charge is 2.32. The van der Waals surface area contributed by atoms with Gasteiger partial charge in [0.25, 0.3) is 5.56 Å². The van der Waals surface area contributed by atoms with Gasteiger partial charge in [-0.15, -0.1) is 0 Å². The smallest absolute Gasteiger partial charge is 0.410 e. The topological polar surface area (TPSA) is 51.5 Å². The van der Waals surface area contributed by atoms with Crippen LogP contribution in [0.4, 0.5) is 4.79 Å². The van der Waals surface area contributed by atoms with Crippen LogP contribution in [0.5, 0.6) is 0 Å². The Hall–Kier alpha value is -2.56. The van der Waals surface area contributed by atoms with E-state index in [9.17, 15) is 9.59 Å². The number of ether oxygens (including phenoxy) is 1. The second-order valence-corrected chi connectivity index (χ2v) is 7.31. The van der Waals surface area contributed by atoms with Gasteiger partial charge >= 0.3 is 6.09 Å². The lowest BCUT2D eigenvalue weighted by atomic mass is 9.99. The molecule has 26 heavy (non-hydrogen) atoms. The average molecular weight is 354 g/mol. The van der Waals surface area contributed by atoms with Gasteiger partial charge in [0.1, 0.15) is 6.10 Å². The van der Waals surface area contributed by atoms with Crippen molar-refractivity contribution in [2.45, 2.75) is 39.3 Å². The Morgan fingerprint density at radius 1 is 1.04 bits per heavy atom. The summed E-state index contributed by atoms with van der Waals surface area (Å²) in [5.41, 5.74) is 2.90. The van der Waals surface area contributed by atoms with Crippen molar-refractivity contribution in [2.24, 2.45) is 13.0 Å². The second-order valence-electron chi connectivity index (χ2n) is 7.31. The van der Waals surface area contributed by atoms with E-state index in [-0.39, 0.29) is 23.8 Å². The van der Waals surface area contributed by atoms with Crippen LogP contribution in [0.15, 0.2) is 47.4 Å². The number of hydrogen-bond donors (Lipinski definition) is 0. The van der Waals surface area contributed by atoms with Crippen molar-refractivity contribution in [1.29, 1.82) is 0 Å². The number of hydrogen-bond acceptors (Lipinski definition) is 3. The molecule has 2 unspecified atom stereocenters. The van der Waals surface area contributed by atoms with E-state index in [0.717, 1.165) is 23.1 Å². The molecule has 0 saturated carbocycles. The minimum Gasteiger partial charge on any atom is -0.446 e. The van der Waals surface area contributed by atoms with Gasteiger partial charge in [0.15, 0.2) is 0 Å². The van der Waals surface area contributed by atoms with E-state index in [1.165, 1.54) is 0 Å². The zero-order valence-electron chi connectivity index (χ0n) is 15.8. The van der Waals surface area contributed by atoms with Crippen molar-refractivity contribution < 1.29 is 9.53 Å². The van der Waals surface area contributed by atoms with Crippen molar-refractivity contribution in [2.75, 3.05) is 6.54 Å². The molecule has 3 rings (SSSR count). The van der Waals surface area contributed by atoms with Gasteiger partial charge in [0.2, 0.25) is 0 Å². The van der Waals surface area contributed by atoms with Crippen LogP contribution in [0, 0.1) is 5.92 Å². The minimum atomic E-state index is -0.238. The maximum atomic E-state index is 12.3. The summed E-state index contributed by atoms with van der Waals surface area (Å²) in [5, 5.41) is 0. The highest BCUT2D eigenvalue weighted by molar-refractivity contribution is 5.69. The molecule has 2 atom stereocenters. The van der Waals surface area contributed by atoms with Crippen LogP contribution >= 0.6 is 0 Å². The molecule has 1 amide bonds. The molecular formula is C21H26N2O3. The molecule has 2 aromatic rings. The van der Waals surface area contributed by atoms with E-state index < -0.39 is 0 Å². The number of carbonyl (C=O) groups excluding carboxylic acids is 1. The van der Waals surface area contributed by atoms with Crippen LogP contribution in [-0.2, 0) is 11.8 Å².